The van der Waals surface area contributed by atoms with Crippen molar-refractivity contribution in [2.75, 3.05) is 23.7 Å². The van der Waals surface area contributed by atoms with Gasteiger partial charge in [0, 0.05) is 38.9 Å². The number of anilines is 2. The Morgan fingerprint density at radius 1 is 1.18 bits per heavy atom. The van der Waals surface area contributed by atoms with E-state index in [2.05, 4.69) is 4.90 Å². The summed E-state index contributed by atoms with van der Waals surface area (Å²) in [7, 11) is 3.11. The van der Waals surface area contributed by atoms with Crippen LogP contribution >= 0.6 is 0 Å². The molecular formula is C19H25N7O2. The van der Waals surface area contributed by atoms with Gasteiger partial charge in [-0.2, -0.15) is 4.98 Å². The Morgan fingerprint density at radius 3 is 2.64 bits per heavy atom. The van der Waals surface area contributed by atoms with Gasteiger partial charge in [-0.15, -0.1) is 0 Å². The molecule has 0 bridgehead atoms. The fourth-order valence-electron chi connectivity index (χ4n) is 3.87. The van der Waals surface area contributed by atoms with Crippen LogP contribution in [-0.4, -0.2) is 37.8 Å². The summed E-state index contributed by atoms with van der Waals surface area (Å²) in [5.74, 6) is 0.645. The van der Waals surface area contributed by atoms with Gasteiger partial charge in [-0.1, -0.05) is 18.2 Å². The molecule has 148 valence electrons. The predicted molar refractivity (Wildman–Crippen MR) is 110 cm³/mol. The zero-order valence-corrected chi connectivity index (χ0v) is 16.1. The van der Waals surface area contributed by atoms with Crippen LogP contribution in [0, 0.1) is 0 Å². The van der Waals surface area contributed by atoms with Crippen molar-refractivity contribution in [2.45, 2.75) is 25.4 Å². The number of fused-ring (bicyclic) bond motifs is 1. The summed E-state index contributed by atoms with van der Waals surface area (Å²) in [6.45, 7) is 1.84. The highest BCUT2D eigenvalue weighted by Crippen LogP contribution is 2.25. The summed E-state index contributed by atoms with van der Waals surface area (Å²) in [4.78, 5) is 32.2. The quantitative estimate of drug-likeness (QED) is 0.615. The molecule has 9 heteroatoms. The second-order valence-corrected chi connectivity index (χ2v) is 7.42. The highest BCUT2D eigenvalue weighted by Gasteiger charge is 2.26. The van der Waals surface area contributed by atoms with Gasteiger partial charge in [0.15, 0.2) is 11.2 Å². The average molecular weight is 383 g/mol. The van der Waals surface area contributed by atoms with E-state index in [1.807, 2.05) is 28.8 Å². The number of hydrogen-bond donors (Lipinski definition) is 2. The van der Waals surface area contributed by atoms with Gasteiger partial charge < -0.3 is 16.4 Å². The lowest BCUT2D eigenvalue weighted by molar-refractivity contribution is 0.495. The van der Waals surface area contributed by atoms with E-state index in [4.69, 9.17) is 16.5 Å². The molecule has 1 aromatic carbocycles. The Morgan fingerprint density at radius 2 is 1.93 bits per heavy atom. The van der Waals surface area contributed by atoms with E-state index in [0.29, 0.717) is 35.9 Å². The summed E-state index contributed by atoms with van der Waals surface area (Å²) in [6, 6.07) is 7.60. The van der Waals surface area contributed by atoms with E-state index in [-0.39, 0.29) is 11.6 Å². The van der Waals surface area contributed by atoms with Crippen molar-refractivity contribution in [3.05, 3.63) is 50.7 Å². The monoisotopic (exact) mass is 383 g/mol. The van der Waals surface area contributed by atoms with Crippen molar-refractivity contribution in [1.29, 1.82) is 0 Å². The zero-order chi connectivity index (χ0) is 20.0. The summed E-state index contributed by atoms with van der Waals surface area (Å²) in [6.07, 6.45) is 1.91. The number of piperidine rings is 1. The SMILES string of the molecule is Cn1c(=O)c2c(nc(N3CCCC(N)C3)n2Cc2ccccc2N)n(C)c1=O. The van der Waals surface area contributed by atoms with Crippen LogP contribution in [0.3, 0.4) is 0 Å². The number of hydrogen-bond acceptors (Lipinski definition) is 6. The van der Waals surface area contributed by atoms with Gasteiger partial charge in [0.25, 0.3) is 5.56 Å². The van der Waals surface area contributed by atoms with Crippen LogP contribution in [0.4, 0.5) is 11.6 Å². The molecule has 1 aliphatic heterocycles. The van der Waals surface area contributed by atoms with Crippen molar-refractivity contribution in [1.82, 2.24) is 18.7 Å². The molecular weight excluding hydrogens is 358 g/mol. The van der Waals surface area contributed by atoms with Crippen LogP contribution < -0.4 is 27.6 Å². The number of nitrogens with zero attached hydrogens (tertiary/aromatic N) is 5. The molecule has 1 unspecified atom stereocenters. The first-order valence-corrected chi connectivity index (χ1v) is 9.38. The minimum absolute atomic E-state index is 0.0514. The van der Waals surface area contributed by atoms with Crippen molar-refractivity contribution >= 4 is 22.8 Å². The van der Waals surface area contributed by atoms with Crippen LogP contribution in [0.25, 0.3) is 11.2 Å². The number of aromatic nitrogens is 4. The highest BCUT2D eigenvalue weighted by atomic mass is 16.2. The highest BCUT2D eigenvalue weighted by molar-refractivity contribution is 5.75. The maximum absolute atomic E-state index is 13.0. The lowest BCUT2D eigenvalue weighted by Crippen LogP contribution is -2.44. The molecule has 0 saturated carbocycles. The van der Waals surface area contributed by atoms with Gasteiger partial charge in [-0.3, -0.25) is 18.5 Å². The number of benzene rings is 1. The van der Waals surface area contributed by atoms with Crippen LogP contribution in [0.1, 0.15) is 18.4 Å². The van der Waals surface area contributed by atoms with Crippen LogP contribution in [-0.2, 0) is 20.6 Å². The molecule has 2 aromatic heterocycles. The van der Waals surface area contributed by atoms with Crippen LogP contribution in [0.5, 0.6) is 0 Å². The molecule has 0 aliphatic carbocycles. The van der Waals surface area contributed by atoms with E-state index in [1.165, 1.54) is 11.6 Å². The van der Waals surface area contributed by atoms with E-state index in [1.54, 1.807) is 7.05 Å². The lowest BCUT2D eigenvalue weighted by atomic mass is 10.1. The molecule has 4 rings (SSSR count). The van der Waals surface area contributed by atoms with Gasteiger partial charge in [0.2, 0.25) is 5.95 Å². The van der Waals surface area contributed by atoms with E-state index < -0.39 is 5.69 Å². The first kappa shape index (κ1) is 18.3. The smallest absolute Gasteiger partial charge is 0.332 e. The third-order valence-corrected chi connectivity index (χ3v) is 5.45. The largest absolute Gasteiger partial charge is 0.398 e. The van der Waals surface area contributed by atoms with Crippen molar-refractivity contribution in [3.63, 3.8) is 0 Å². The number of rotatable bonds is 3. The number of para-hydroxylation sites is 1. The topological polar surface area (TPSA) is 117 Å². The number of aryl methyl sites for hydroxylation is 1. The first-order valence-electron chi connectivity index (χ1n) is 9.38. The third-order valence-electron chi connectivity index (χ3n) is 5.45. The minimum atomic E-state index is -0.400. The number of nitrogens with two attached hydrogens (primary N) is 2. The van der Waals surface area contributed by atoms with Gasteiger partial charge in [0.1, 0.15) is 0 Å². The molecule has 0 radical (unpaired) electrons. The van der Waals surface area contributed by atoms with Crippen molar-refractivity contribution < 1.29 is 0 Å². The maximum atomic E-state index is 13.0. The molecule has 1 atom stereocenters. The molecule has 1 fully saturated rings. The predicted octanol–water partition coefficient (Wildman–Crippen LogP) is -0.00830. The Hall–Kier alpha value is -3.07. The second kappa shape index (κ2) is 6.83. The summed E-state index contributed by atoms with van der Waals surface area (Å²) in [5, 5.41) is 0. The van der Waals surface area contributed by atoms with Crippen molar-refractivity contribution in [3.8, 4) is 0 Å². The van der Waals surface area contributed by atoms with Gasteiger partial charge >= 0.3 is 5.69 Å². The standard InChI is InChI=1S/C19H25N7O2/c1-23-16-15(17(27)24(2)19(23)28)26(10-12-6-3-4-8-14(12)21)18(22-16)25-9-5-7-13(20)11-25/h3-4,6,8,13H,5,7,9-11,20-21H2,1-2H3. The summed E-state index contributed by atoms with van der Waals surface area (Å²) < 4.78 is 4.39. The van der Waals surface area contributed by atoms with Gasteiger partial charge in [0.05, 0.1) is 6.54 Å². The number of imidazole rings is 1. The maximum Gasteiger partial charge on any atom is 0.332 e. The Bertz CT molecular complexity index is 1160. The molecule has 1 saturated heterocycles. The molecule has 0 spiro atoms. The summed E-state index contributed by atoms with van der Waals surface area (Å²) in [5.41, 5.74) is 13.8. The fourth-order valence-corrected chi connectivity index (χ4v) is 3.87. The fraction of sp³-hybridized carbons (Fsp3) is 0.421. The average Bonchev–Trinajstić information content (AvgIpc) is 3.06. The molecule has 9 nitrogen and oxygen atoms in total. The van der Waals surface area contributed by atoms with Crippen LogP contribution in [0.15, 0.2) is 33.9 Å². The molecule has 3 heterocycles. The third kappa shape index (κ3) is 2.88. The van der Waals surface area contributed by atoms with Crippen molar-refractivity contribution in [2.24, 2.45) is 19.8 Å². The minimum Gasteiger partial charge on any atom is -0.398 e. The molecule has 28 heavy (non-hydrogen) atoms. The lowest BCUT2D eigenvalue weighted by Gasteiger charge is -2.32. The van der Waals surface area contributed by atoms with Gasteiger partial charge in [-0.25, -0.2) is 4.79 Å². The molecule has 3 aromatic rings. The summed E-state index contributed by atoms with van der Waals surface area (Å²) >= 11 is 0. The zero-order valence-electron chi connectivity index (χ0n) is 16.1. The van der Waals surface area contributed by atoms with E-state index in [9.17, 15) is 9.59 Å². The molecule has 0 amide bonds. The Kier molecular flexibility index (Phi) is 4.46. The normalized spacial score (nSPS) is 17.4. The van der Waals surface area contributed by atoms with Crippen LogP contribution in [0.2, 0.25) is 0 Å². The first-order chi connectivity index (χ1) is 13.4. The molecule has 4 N–H and O–H groups in total. The Labute approximate surface area is 161 Å². The second-order valence-electron chi connectivity index (χ2n) is 7.42. The van der Waals surface area contributed by atoms with E-state index in [0.717, 1.165) is 29.5 Å². The van der Waals surface area contributed by atoms with Gasteiger partial charge in [-0.05, 0) is 24.5 Å². The molecule has 1 aliphatic rings. The van der Waals surface area contributed by atoms with E-state index >= 15 is 0 Å². The number of nitrogen functional groups attached to an aromatic ring is 1. The Balaban J connectivity index is 1.98.